The average molecular weight is 396 g/mol. The van der Waals surface area contributed by atoms with Crippen molar-refractivity contribution in [3.05, 3.63) is 72.9 Å². The number of anilines is 1. The summed E-state index contributed by atoms with van der Waals surface area (Å²) in [5.41, 5.74) is 0.713. The first-order chi connectivity index (χ1) is 14.2. The van der Waals surface area contributed by atoms with Gasteiger partial charge in [0, 0.05) is 12.1 Å². The predicted octanol–water partition coefficient (Wildman–Crippen LogP) is 7.48. The molecular weight excluding hydrogens is 358 g/mol. The summed E-state index contributed by atoms with van der Waals surface area (Å²) in [6.45, 7) is 2.23. The first-order valence-corrected chi connectivity index (χ1v) is 10.9. The second kappa shape index (κ2) is 17.5. The molecule has 3 heteroatoms. The Balaban J connectivity index is 1.98. The number of rotatable bonds is 15. The molecule has 0 fully saturated rings. The van der Waals surface area contributed by atoms with Crippen molar-refractivity contribution >= 4 is 11.6 Å². The van der Waals surface area contributed by atoms with E-state index < -0.39 is 0 Å². The molecule has 0 saturated carbocycles. The molecule has 0 saturated heterocycles. The fourth-order valence-corrected chi connectivity index (χ4v) is 2.71. The van der Waals surface area contributed by atoms with Crippen LogP contribution in [0.1, 0.15) is 71.1 Å². The molecule has 1 aromatic rings. The number of unbranched alkanes of at least 4 members (excludes halogenated alkanes) is 4. The van der Waals surface area contributed by atoms with Crippen LogP contribution in [0.15, 0.2) is 72.9 Å². The van der Waals surface area contributed by atoms with Crippen LogP contribution in [-0.2, 0) is 4.79 Å². The minimum absolute atomic E-state index is 0.00609. The Bertz CT molecular complexity index is 654. The minimum atomic E-state index is 0.00609. The van der Waals surface area contributed by atoms with Gasteiger partial charge in [-0.1, -0.05) is 68.4 Å². The molecule has 29 heavy (non-hydrogen) atoms. The lowest BCUT2D eigenvalue weighted by atomic mass is 10.2. The fraction of sp³-hybridized carbons (Fsp3) is 0.423. The number of phenolic OH excluding ortho intramolecular Hbond substituents is 1. The summed E-state index contributed by atoms with van der Waals surface area (Å²) in [4.78, 5) is 11.8. The molecule has 1 rings (SSSR count). The molecule has 1 amide bonds. The van der Waals surface area contributed by atoms with Crippen LogP contribution >= 0.6 is 0 Å². The smallest absolute Gasteiger partial charge is 0.224 e. The third kappa shape index (κ3) is 15.1. The van der Waals surface area contributed by atoms with Crippen molar-refractivity contribution in [3.8, 4) is 5.75 Å². The molecular formula is C26H37NO2. The lowest BCUT2D eigenvalue weighted by molar-refractivity contribution is -0.116. The number of hydrogen-bond acceptors (Lipinski definition) is 2. The van der Waals surface area contributed by atoms with E-state index in [2.05, 4.69) is 60.8 Å². The van der Waals surface area contributed by atoms with Crippen LogP contribution in [-0.4, -0.2) is 11.0 Å². The number of amides is 1. The average Bonchev–Trinajstić information content (AvgIpc) is 2.72. The maximum atomic E-state index is 11.8. The van der Waals surface area contributed by atoms with Crippen LogP contribution in [0.4, 0.5) is 5.69 Å². The molecule has 0 radical (unpaired) electrons. The van der Waals surface area contributed by atoms with Crippen molar-refractivity contribution in [2.45, 2.75) is 71.1 Å². The molecule has 0 bridgehead atoms. The number of hydrogen-bond donors (Lipinski definition) is 2. The second-order valence-electron chi connectivity index (χ2n) is 7.08. The zero-order chi connectivity index (χ0) is 21.0. The fourth-order valence-electron chi connectivity index (χ4n) is 2.71. The van der Waals surface area contributed by atoms with Gasteiger partial charge in [0.15, 0.2) is 0 Å². The normalized spacial score (nSPS) is 12.0. The summed E-state index contributed by atoms with van der Waals surface area (Å²) in [7, 11) is 0. The van der Waals surface area contributed by atoms with Gasteiger partial charge in [0.1, 0.15) is 5.75 Å². The molecule has 0 aliphatic rings. The first kappa shape index (κ1) is 24.5. The molecule has 0 heterocycles. The highest BCUT2D eigenvalue weighted by Gasteiger charge is 2.01. The van der Waals surface area contributed by atoms with E-state index in [0.29, 0.717) is 12.1 Å². The van der Waals surface area contributed by atoms with Gasteiger partial charge in [0.2, 0.25) is 5.91 Å². The number of phenols is 1. The monoisotopic (exact) mass is 395 g/mol. The van der Waals surface area contributed by atoms with Crippen molar-refractivity contribution < 1.29 is 9.90 Å². The Labute approximate surface area is 176 Å². The lowest BCUT2D eigenvalue weighted by Crippen LogP contribution is -2.10. The summed E-state index contributed by atoms with van der Waals surface area (Å²) in [6, 6.07) is 6.52. The molecule has 0 unspecified atom stereocenters. The van der Waals surface area contributed by atoms with Gasteiger partial charge in [-0.3, -0.25) is 4.79 Å². The third-order valence-electron chi connectivity index (χ3n) is 4.38. The van der Waals surface area contributed by atoms with Gasteiger partial charge in [-0.05, 0) is 69.2 Å². The largest absolute Gasteiger partial charge is 0.508 e. The minimum Gasteiger partial charge on any atom is -0.508 e. The highest BCUT2D eigenvalue weighted by atomic mass is 16.3. The van der Waals surface area contributed by atoms with E-state index in [1.165, 1.54) is 25.7 Å². The topological polar surface area (TPSA) is 49.3 Å². The molecule has 2 N–H and O–H groups in total. The molecule has 0 atom stereocenters. The Morgan fingerprint density at radius 3 is 1.86 bits per heavy atom. The number of carbonyl (C=O) groups excluding carboxylic acids is 1. The van der Waals surface area contributed by atoms with Crippen LogP contribution in [0.25, 0.3) is 0 Å². The van der Waals surface area contributed by atoms with Crippen LogP contribution in [0, 0.1) is 0 Å². The summed E-state index contributed by atoms with van der Waals surface area (Å²) < 4.78 is 0. The maximum Gasteiger partial charge on any atom is 0.224 e. The molecule has 158 valence electrons. The zero-order valence-corrected chi connectivity index (χ0v) is 17.9. The molecule has 0 aliphatic carbocycles. The highest BCUT2D eigenvalue weighted by molar-refractivity contribution is 5.90. The van der Waals surface area contributed by atoms with Crippen molar-refractivity contribution in [1.29, 1.82) is 0 Å². The first-order valence-electron chi connectivity index (χ1n) is 10.9. The van der Waals surface area contributed by atoms with E-state index in [9.17, 15) is 9.90 Å². The molecule has 0 aliphatic heterocycles. The van der Waals surface area contributed by atoms with Crippen molar-refractivity contribution in [1.82, 2.24) is 0 Å². The standard InChI is InChI=1S/C26H37NO2/c1-2-3-4-5-6-7-8-9-10-11-12-13-14-15-16-17-18-19-26(29)27-24-20-22-25(28)23-21-24/h6-7,9-10,12-13,15-16,20-23,28H,2-5,8,11,14,17-19H2,1H3,(H,27,29)/b7-6+,10-9-,13-12-,16-15+. The van der Waals surface area contributed by atoms with Gasteiger partial charge in [-0.2, -0.15) is 0 Å². The summed E-state index contributed by atoms with van der Waals surface area (Å²) in [5.74, 6) is 0.204. The van der Waals surface area contributed by atoms with E-state index in [-0.39, 0.29) is 11.7 Å². The van der Waals surface area contributed by atoms with Gasteiger partial charge in [0.25, 0.3) is 0 Å². The zero-order valence-electron chi connectivity index (χ0n) is 17.9. The van der Waals surface area contributed by atoms with Crippen LogP contribution in [0.3, 0.4) is 0 Å². The van der Waals surface area contributed by atoms with E-state index in [4.69, 9.17) is 0 Å². The quantitative estimate of drug-likeness (QED) is 0.184. The third-order valence-corrected chi connectivity index (χ3v) is 4.38. The SMILES string of the molecule is CCCCC/C=C/C/C=C\C/C=C\C/C=C/CCCC(=O)Nc1ccc(O)cc1. The van der Waals surface area contributed by atoms with E-state index in [0.717, 1.165) is 32.1 Å². The second-order valence-corrected chi connectivity index (χ2v) is 7.08. The van der Waals surface area contributed by atoms with Crippen LogP contribution in [0.5, 0.6) is 5.75 Å². The number of allylic oxidation sites excluding steroid dienone is 8. The molecule has 0 spiro atoms. The van der Waals surface area contributed by atoms with Gasteiger partial charge in [-0.25, -0.2) is 0 Å². The lowest BCUT2D eigenvalue weighted by Gasteiger charge is -2.04. The number of aromatic hydroxyl groups is 1. The summed E-state index contributed by atoms with van der Waals surface area (Å²) >= 11 is 0. The predicted molar refractivity (Wildman–Crippen MR) is 125 cm³/mol. The summed E-state index contributed by atoms with van der Waals surface area (Å²) in [6.07, 6.45) is 27.9. The summed E-state index contributed by atoms with van der Waals surface area (Å²) in [5, 5.41) is 12.1. The van der Waals surface area contributed by atoms with Gasteiger partial charge < -0.3 is 10.4 Å². The van der Waals surface area contributed by atoms with Gasteiger partial charge >= 0.3 is 0 Å². The Morgan fingerprint density at radius 2 is 1.31 bits per heavy atom. The van der Waals surface area contributed by atoms with E-state index in [1.54, 1.807) is 24.3 Å². The molecule has 3 nitrogen and oxygen atoms in total. The Kier molecular flexibility index (Phi) is 14.8. The Morgan fingerprint density at radius 1 is 0.793 bits per heavy atom. The number of benzene rings is 1. The van der Waals surface area contributed by atoms with Crippen LogP contribution < -0.4 is 5.32 Å². The Hall–Kier alpha value is -2.55. The van der Waals surface area contributed by atoms with Gasteiger partial charge in [-0.15, -0.1) is 0 Å². The van der Waals surface area contributed by atoms with E-state index >= 15 is 0 Å². The van der Waals surface area contributed by atoms with Crippen molar-refractivity contribution in [3.63, 3.8) is 0 Å². The molecule has 1 aromatic carbocycles. The van der Waals surface area contributed by atoms with Crippen LogP contribution in [0.2, 0.25) is 0 Å². The van der Waals surface area contributed by atoms with E-state index in [1.807, 2.05) is 0 Å². The number of nitrogens with one attached hydrogen (secondary N) is 1. The highest BCUT2D eigenvalue weighted by Crippen LogP contribution is 2.14. The van der Waals surface area contributed by atoms with Gasteiger partial charge in [0.05, 0.1) is 0 Å². The number of carbonyl (C=O) groups is 1. The maximum absolute atomic E-state index is 11.8. The van der Waals surface area contributed by atoms with Crippen molar-refractivity contribution in [2.24, 2.45) is 0 Å². The van der Waals surface area contributed by atoms with Crippen molar-refractivity contribution in [2.75, 3.05) is 5.32 Å². The molecule has 0 aromatic heterocycles.